The number of carbonyl (C=O) groups is 1. The zero-order chi connectivity index (χ0) is 12.4. The van der Waals surface area contributed by atoms with Gasteiger partial charge in [-0.3, -0.25) is 0 Å². The lowest BCUT2D eigenvalue weighted by Gasteiger charge is -2.40. The summed E-state index contributed by atoms with van der Waals surface area (Å²) in [6.07, 6.45) is 7.17. The van der Waals surface area contributed by atoms with Gasteiger partial charge < -0.3 is 26.5 Å². The Labute approximate surface area is 118 Å². The Kier molecular flexibility index (Phi) is 4.66. The quantitative estimate of drug-likeness (QED) is 0.493. The lowest BCUT2D eigenvalue weighted by atomic mass is 9.86. The van der Waals surface area contributed by atoms with Gasteiger partial charge in [-0.1, -0.05) is 0 Å². The predicted octanol–water partition coefficient (Wildman–Crippen LogP) is -2.48. The van der Waals surface area contributed by atoms with Crippen LogP contribution in [0.4, 0.5) is 0 Å². The zero-order valence-electron chi connectivity index (χ0n) is 10.7. The predicted molar refractivity (Wildman–Crippen MR) is 65.9 cm³/mol. The summed E-state index contributed by atoms with van der Waals surface area (Å²) >= 11 is 0. The molecule has 4 nitrogen and oxygen atoms in total. The number of fused-ring (bicyclic) bond motifs is 3. The van der Waals surface area contributed by atoms with Crippen molar-refractivity contribution < 1.29 is 31.3 Å². The molecule has 1 aromatic rings. The van der Waals surface area contributed by atoms with E-state index in [2.05, 4.69) is 0 Å². The third-order valence-electron chi connectivity index (χ3n) is 3.95. The molecular formula is C14H18ClNO3. The number of piperidine rings is 3. The van der Waals surface area contributed by atoms with Gasteiger partial charge in [0.25, 0.3) is 0 Å². The first-order chi connectivity index (χ1) is 8.81. The van der Waals surface area contributed by atoms with E-state index in [9.17, 15) is 4.79 Å². The molecule has 3 aliphatic heterocycles. The van der Waals surface area contributed by atoms with Crippen molar-refractivity contribution in [1.29, 1.82) is 0 Å². The number of furan rings is 1. The van der Waals surface area contributed by atoms with Gasteiger partial charge in [-0.25, -0.2) is 4.79 Å². The van der Waals surface area contributed by atoms with Crippen molar-refractivity contribution in [2.75, 3.05) is 19.6 Å². The van der Waals surface area contributed by atoms with E-state index in [-0.39, 0.29) is 24.5 Å². The largest absolute Gasteiger partial charge is 1.00 e. The molecule has 1 N–H and O–H groups in total. The van der Waals surface area contributed by atoms with Gasteiger partial charge in [-0.15, -0.1) is 0 Å². The van der Waals surface area contributed by atoms with Gasteiger partial charge in [0.2, 0.25) is 0 Å². The van der Waals surface area contributed by atoms with Crippen LogP contribution >= 0.6 is 0 Å². The minimum atomic E-state index is -0.260. The highest BCUT2D eigenvalue weighted by Crippen LogP contribution is 2.21. The van der Waals surface area contributed by atoms with Gasteiger partial charge >= 0.3 is 5.97 Å². The van der Waals surface area contributed by atoms with Crippen molar-refractivity contribution in [3.05, 3.63) is 30.2 Å². The summed E-state index contributed by atoms with van der Waals surface area (Å²) in [7, 11) is 0. The summed E-state index contributed by atoms with van der Waals surface area (Å²) < 4.78 is 10.7. The molecule has 0 aliphatic carbocycles. The highest BCUT2D eigenvalue weighted by Gasteiger charge is 2.39. The molecule has 104 valence electrons. The third-order valence-corrected chi connectivity index (χ3v) is 3.95. The molecule has 1 atom stereocenters. The van der Waals surface area contributed by atoms with E-state index in [4.69, 9.17) is 9.15 Å². The van der Waals surface area contributed by atoms with E-state index in [0.717, 1.165) is 6.54 Å². The van der Waals surface area contributed by atoms with Crippen LogP contribution < -0.4 is 17.3 Å². The van der Waals surface area contributed by atoms with Crippen molar-refractivity contribution in [1.82, 2.24) is 0 Å². The maximum Gasteiger partial charge on any atom is 0.331 e. The lowest BCUT2D eigenvalue weighted by molar-refractivity contribution is -0.920. The molecule has 1 aromatic heterocycles. The summed E-state index contributed by atoms with van der Waals surface area (Å²) in [6, 6.07) is 3.60. The Bertz CT molecular complexity index is 436. The van der Waals surface area contributed by atoms with Crippen LogP contribution in [0.1, 0.15) is 18.6 Å². The molecule has 3 saturated heterocycles. The van der Waals surface area contributed by atoms with Crippen LogP contribution in [0.2, 0.25) is 0 Å². The Hall–Kier alpha value is -1.26. The molecule has 5 heteroatoms. The number of hydrogen-bond donors (Lipinski definition) is 1. The fourth-order valence-corrected chi connectivity index (χ4v) is 2.94. The third kappa shape index (κ3) is 3.39. The summed E-state index contributed by atoms with van der Waals surface area (Å²) in [5.74, 6) is 0.986. The SMILES string of the molecule is O=C(C=Cc1ccco1)OC1C[NH+]2CCC1CC2.[Cl-]. The molecule has 0 radical (unpaired) electrons. The smallest absolute Gasteiger partial charge is 0.331 e. The van der Waals surface area contributed by atoms with Crippen LogP contribution in [-0.2, 0) is 9.53 Å². The molecule has 2 bridgehead atoms. The first-order valence-electron chi connectivity index (χ1n) is 6.57. The number of carbonyl (C=O) groups excluding carboxylic acids is 1. The van der Waals surface area contributed by atoms with Crippen LogP contribution in [0.25, 0.3) is 6.08 Å². The van der Waals surface area contributed by atoms with Crippen molar-refractivity contribution in [3.8, 4) is 0 Å². The normalized spacial score (nSPS) is 29.2. The average molecular weight is 284 g/mol. The molecule has 3 aliphatic rings. The van der Waals surface area contributed by atoms with Gasteiger partial charge in [0, 0.05) is 24.8 Å². The van der Waals surface area contributed by atoms with Gasteiger partial charge in [0.15, 0.2) is 6.10 Å². The van der Waals surface area contributed by atoms with Gasteiger partial charge in [0.05, 0.1) is 19.4 Å². The van der Waals surface area contributed by atoms with Crippen molar-refractivity contribution in [2.24, 2.45) is 5.92 Å². The lowest BCUT2D eigenvalue weighted by Crippen LogP contribution is -3.16. The second-order valence-corrected chi connectivity index (χ2v) is 5.12. The Balaban J connectivity index is 0.00000133. The highest BCUT2D eigenvalue weighted by molar-refractivity contribution is 5.86. The average Bonchev–Trinajstić information content (AvgIpc) is 2.91. The highest BCUT2D eigenvalue weighted by atomic mass is 35.5. The molecule has 0 aromatic carbocycles. The summed E-state index contributed by atoms with van der Waals surface area (Å²) in [6.45, 7) is 3.45. The number of ether oxygens (including phenoxy) is 1. The maximum atomic E-state index is 11.7. The van der Waals surface area contributed by atoms with E-state index in [1.807, 2.05) is 6.07 Å². The molecule has 0 saturated carbocycles. The molecule has 0 spiro atoms. The first kappa shape index (κ1) is 14.2. The van der Waals surface area contributed by atoms with Crippen molar-refractivity contribution >= 4 is 12.0 Å². The first-order valence-corrected chi connectivity index (χ1v) is 6.57. The minimum absolute atomic E-state index is 0. The van der Waals surface area contributed by atoms with Gasteiger partial charge in [-0.2, -0.15) is 0 Å². The van der Waals surface area contributed by atoms with Crippen LogP contribution in [0.5, 0.6) is 0 Å². The fraction of sp³-hybridized carbons (Fsp3) is 0.500. The molecule has 1 unspecified atom stereocenters. The monoisotopic (exact) mass is 283 g/mol. The van der Waals surface area contributed by atoms with Crippen molar-refractivity contribution in [3.63, 3.8) is 0 Å². The number of halogens is 1. The topological polar surface area (TPSA) is 43.9 Å². The molecule has 4 rings (SSSR count). The second kappa shape index (κ2) is 6.26. The fourth-order valence-electron chi connectivity index (χ4n) is 2.94. The number of hydrogen-bond acceptors (Lipinski definition) is 3. The van der Waals surface area contributed by atoms with Gasteiger partial charge in [0.1, 0.15) is 12.3 Å². The Morgan fingerprint density at radius 3 is 2.79 bits per heavy atom. The Morgan fingerprint density at radius 1 is 1.42 bits per heavy atom. The second-order valence-electron chi connectivity index (χ2n) is 5.12. The van der Waals surface area contributed by atoms with E-state index in [1.165, 1.54) is 32.0 Å². The number of nitrogens with one attached hydrogen (secondary N) is 1. The molecular weight excluding hydrogens is 266 g/mol. The summed E-state index contributed by atoms with van der Waals surface area (Å²) in [5.41, 5.74) is 0. The van der Waals surface area contributed by atoms with Crippen LogP contribution in [0.3, 0.4) is 0 Å². The van der Waals surface area contributed by atoms with Crippen LogP contribution in [0.15, 0.2) is 28.9 Å². The van der Waals surface area contributed by atoms with E-state index in [1.54, 1.807) is 23.3 Å². The summed E-state index contributed by atoms with van der Waals surface area (Å²) in [4.78, 5) is 13.3. The standard InChI is InChI=1S/C14H17NO3.ClH/c16-14(4-3-12-2-1-9-17-12)18-13-10-15-7-5-11(13)6-8-15;/h1-4,9,11,13H,5-8,10H2;1H. The zero-order valence-corrected chi connectivity index (χ0v) is 11.4. The number of esters is 1. The van der Waals surface area contributed by atoms with E-state index < -0.39 is 0 Å². The number of quaternary nitrogens is 1. The molecule has 19 heavy (non-hydrogen) atoms. The minimum Gasteiger partial charge on any atom is -1.00 e. The molecule has 0 amide bonds. The molecule has 3 fully saturated rings. The Morgan fingerprint density at radius 2 is 2.21 bits per heavy atom. The van der Waals surface area contributed by atoms with Crippen LogP contribution in [0, 0.1) is 5.92 Å². The van der Waals surface area contributed by atoms with Crippen molar-refractivity contribution in [2.45, 2.75) is 18.9 Å². The molecule has 4 heterocycles. The van der Waals surface area contributed by atoms with Crippen LogP contribution in [-0.4, -0.2) is 31.7 Å². The van der Waals surface area contributed by atoms with Gasteiger partial charge in [-0.05, 0) is 18.2 Å². The maximum absolute atomic E-state index is 11.7. The van der Waals surface area contributed by atoms with E-state index in [0.29, 0.717) is 11.7 Å². The summed E-state index contributed by atoms with van der Waals surface area (Å²) in [5, 5.41) is 0. The van der Waals surface area contributed by atoms with E-state index >= 15 is 0 Å². The number of rotatable bonds is 3.